The van der Waals surface area contributed by atoms with Crippen molar-refractivity contribution >= 4 is 29.0 Å². The Morgan fingerprint density at radius 1 is 1.39 bits per heavy atom. The maximum atomic E-state index is 13.0. The van der Waals surface area contributed by atoms with E-state index in [0.29, 0.717) is 15.6 Å². The Hall–Kier alpha value is -0.670. The zero-order valence-electron chi connectivity index (χ0n) is 9.56. The number of hydrogen-bond acceptors (Lipinski definition) is 1. The monoisotopic (exact) mass is 292 g/mol. The molecule has 0 spiro atoms. The summed E-state index contributed by atoms with van der Waals surface area (Å²) < 4.78 is 26.1. The van der Waals surface area contributed by atoms with E-state index in [0.717, 1.165) is 0 Å². The number of benzene rings is 1. The van der Waals surface area contributed by atoms with Crippen molar-refractivity contribution in [3.8, 4) is 0 Å². The van der Waals surface area contributed by atoms with Crippen molar-refractivity contribution in [1.82, 2.24) is 0 Å². The summed E-state index contributed by atoms with van der Waals surface area (Å²) in [6.07, 6.45) is -0.221. The van der Waals surface area contributed by atoms with Crippen LogP contribution in [0.4, 0.5) is 8.78 Å². The van der Waals surface area contributed by atoms with Crippen molar-refractivity contribution in [3.63, 3.8) is 0 Å². The Kier molecular flexibility index (Phi) is 3.93. The highest BCUT2D eigenvalue weighted by molar-refractivity contribution is 6.42. The van der Waals surface area contributed by atoms with Gasteiger partial charge in [-0.1, -0.05) is 35.3 Å². The number of rotatable bonds is 3. The number of carbonyl (C=O) groups is 1. The molecule has 1 fully saturated rings. The van der Waals surface area contributed by atoms with E-state index in [9.17, 15) is 13.6 Å². The molecule has 1 nitrogen and oxygen atoms in total. The molecule has 0 bridgehead atoms. The van der Waals surface area contributed by atoms with Crippen LogP contribution in [0.2, 0.25) is 10.0 Å². The molecule has 1 aromatic rings. The molecular formula is C13H12Cl2F2O. The molecule has 0 aliphatic heterocycles. The molecule has 0 N–H and O–H groups in total. The summed E-state index contributed by atoms with van der Waals surface area (Å²) in [7, 11) is 0. The van der Waals surface area contributed by atoms with E-state index in [1.165, 1.54) is 0 Å². The fourth-order valence-corrected chi connectivity index (χ4v) is 2.63. The molecule has 1 atom stereocenters. The zero-order valence-corrected chi connectivity index (χ0v) is 11.1. The number of ketones is 1. The lowest BCUT2D eigenvalue weighted by Gasteiger charge is -2.11. The van der Waals surface area contributed by atoms with Gasteiger partial charge < -0.3 is 0 Å². The molecule has 98 valence electrons. The summed E-state index contributed by atoms with van der Waals surface area (Å²) in [5.74, 6) is -3.44. The van der Waals surface area contributed by atoms with Gasteiger partial charge in [-0.15, -0.1) is 0 Å². The van der Waals surface area contributed by atoms with Gasteiger partial charge in [-0.3, -0.25) is 4.79 Å². The quantitative estimate of drug-likeness (QED) is 0.799. The number of carbonyl (C=O) groups excluding carboxylic acids is 1. The average molecular weight is 293 g/mol. The molecule has 2 rings (SSSR count). The Morgan fingerprint density at radius 3 is 2.72 bits per heavy atom. The molecule has 1 unspecified atom stereocenters. The maximum Gasteiger partial charge on any atom is 0.248 e. The minimum atomic E-state index is -2.70. The van der Waals surface area contributed by atoms with Crippen LogP contribution in [-0.2, 0) is 11.2 Å². The van der Waals surface area contributed by atoms with Gasteiger partial charge >= 0.3 is 0 Å². The minimum Gasteiger partial charge on any atom is -0.299 e. The lowest BCUT2D eigenvalue weighted by molar-refractivity contribution is -0.123. The first-order valence-electron chi connectivity index (χ1n) is 5.72. The second kappa shape index (κ2) is 5.14. The fourth-order valence-electron chi connectivity index (χ4n) is 2.24. The third-order valence-corrected chi connectivity index (χ3v) is 4.11. The van der Waals surface area contributed by atoms with Gasteiger partial charge in [-0.25, -0.2) is 8.78 Å². The van der Waals surface area contributed by atoms with E-state index in [4.69, 9.17) is 23.2 Å². The van der Waals surface area contributed by atoms with Gasteiger partial charge in [-0.05, 0) is 18.1 Å². The normalized spacial score (nSPS) is 22.1. The van der Waals surface area contributed by atoms with Crippen LogP contribution >= 0.6 is 23.2 Å². The summed E-state index contributed by atoms with van der Waals surface area (Å²) in [4.78, 5) is 11.9. The largest absolute Gasteiger partial charge is 0.299 e. The topological polar surface area (TPSA) is 17.1 Å². The van der Waals surface area contributed by atoms with Crippen molar-refractivity contribution in [2.24, 2.45) is 5.92 Å². The lowest BCUT2D eigenvalue weighted by atomic mass is 9.96. The Labute approximate surface area is 114 Å². The molecule has 1 saturated carbocycles. The summed E-state index contributed by atoms with van der Waals surface area (Å²) >= 11 is 11.8. The lowest BCUT2D eigenvalue weighted by Crippen LogP contribution is -2.17. The van der Waals surface area contributed by atoms with Gasteiger partial charge in [0.1, 0.15) is 5.78 Å². The number of hydrogen-bond donors (Lipinski definition) is 0. The molecule has 1 aromatic carbocycles. The van der Waals surface area contributed by atoms with E-state index in [1.54, 1.807) is 18.2 Å². The number of Topliss-reactive ketones (excluding diaryl/α,β-unsaturated/α-hetero) is 1. The van der Waals surface area contributed by atoms with Crippen molar-refractivity contribution in [2.45, 2.75) is 31.6 Å². The fraction of sp³-hybridized carbons (Fsp3) is 0.462. The van der Waals surface area contributed by atoms with Crippen LogP contribution in [0.15, 0.2) is 18.2 Å². The van der Waals surface area contributed by atoms with Crippen molar-refractivity contribution in [3.05, 3.63) is 33.8 Å². The first-order valence-corrected chi connectivity index (χ1v) is 6.48. The van der Waals surface area contributed by atoms with Gasteiger partial charge in [0.15, 0.2) is 0 Å². The third kappa shape index (κ3) is 3.01. The first-order chi connectivity index (χ1) is 8.39. The van der Waals surface area contributed by atoms with Gasteiger partial charge in [0, 0.05) is 25.2 Å². The summed E-state index contributed by atoms with van der Waals surface area (Å²) in [6.45, 7) is 0. The van der Waals surface area contributed by atoms with Crippen LogP contribution in [0.3, 0.4) is 0 Å². The summed E-state index contributed by atoms with van der Waals surface area (Å²) in [5.41, 5.74) is 0.601. The van der Waals surface area contributed by atoms with Crippen LogP contribution in [0.1, 0.15) is 24.8 Å². The van der Waals surface area contributed by atoms with E-state index in [1.807, 2.05) is 0 Å². The smallest absolute Gasteiger partial charge is 0.248 e. The molecule has 0 aromatic heterocycles. The number of halogens is 4. The van der Waals surface area contributed by atoms with E-state index in [-0.39, 0.29) is 31.5 Å². The Balaban J connectivity index is 2.06. The zero-order chi connectivity index (χ0) is 13.3. The average Bonchev–Trinajstić information content (AvgIpc) is 2.65. The van der Waals surface area contributed by atoms with Gasteiger partial charge in [0.25, 0.3) is 0 Å². The Bertz CT molecular complexity index is 474. The van der Waals surface area contributed by atoms with Crippen LogP contribution in [0.5, 0.6) is 0 Å². The van der Waals surface area contributed by atoms with E-state index >= 15 is 0 Å². The first kappa shape index (κ1) is 13.8. The van der Waals surface area contributed by atoms with Gasteiger partial charge in [0.05, 0.1) is 10.0 Å². The summed E-state index contributed by atoms with van der Waals surface area (Å²) in [6, 6.07) is 5.01. The molecule has 0 saturated heterocycles. The minimum absolute atomic E-state index is 0.0696. The Morgan fingerprint density at radius 2 is 2.11 bits per heavy atom. The highest BCUT2D eigenvalue weighted by Gasteiger charge is 2.42. The second-order valence-corrected chi connectivity index (χ2v) is 5.44. The SMILES string of the molecule is O=C(Cc1cccc(Cl)c1Cl)C1CCC(F)(F)C1. The molecule has 0 heterocycles. The van der Waals surface area contributed by atoms with E-state index in [2.05, 4.69) is 0 Å². The molecule has 5 heteroatoms. The van der Waals surface area contributed by atoms with Crippen LogP contribution < -0.4 is 0 Å². The maximum absolute atomic E-state index is 13.0. The molecule has 0 radical (unpaired) electrons. The highest BCUT2D eigenvalue weighted by atomic mass is 35.5. The predicted molar refractivity (Wildman–Crippen MR) is 67.5 cm³/mol. The predicted octanol–water partition coefficient (Wildman–Crippen LogP) is 4.54. The molecule has 18 heavy (non-hydrogen) atoms. The van der Waals surface area contributed by atoms with Crippen LogP contribution in [0, 0.1) is 5.92 Å². The van der Waals surface area contributed by atoms with E-state index < -0.39 is 11.8 Å². The summed E-state index contributed by atoms with van der Waals surface area (Å²) in [5, 5.41) is 0.705. The molecule has 1 aliphatic carbocycles. The van der Waals surface area contributed by atoms with Crippen LogP contribution in [0.25, 0.3) is 0 Å². The van der Waals surface area contributed by atoms with Gasteiger partial charge in [0.2, 0.25) is 5.92 Å². The van der Waals surface area contributed by atoms with Crippen molar-refractivity contribution < 1.29 is 13.6 Å². The molecule has 0 amide bonds. The van der Waals surface area contributed by atoms with Crippen LogP contribution in [-0.4, -0.2) is 11.7 Å². The van der Waals surface area contributed by atoms with Gasteiger partial charge in [-0.2, -0.15) is 0 Å². The third-order valence-electron chi connectivity index (χ3n) is 3.26. The van der Waals surface area contributed by atoms with Crippen molar-refractivity contribution in [1.29, 1.82) is 0 Å². The standard InChI is InChI=1S/C13H12Cl2F2O/c14-10-3-1-2-8(12(10)15)6-11(18)9-4-5-13(16,17)7-9/h1-3,9H,4-7H2. The van der Waals surface area contributed by atoms with Crippen molar-refractivity contribution in [2.75, 3.05) is 0 Å². The molecule has 1 aliphatic rings. The second-order valence-electron chi connectivity index (χ2n) is 4.65. The highest BCUT2D eigenvalue weighted by Crippen LogP contribution is 2.40. The number of alkyl halides is 2. The molecular weight excluding hydrogens is 281 g/mol.